The molecule has 198 valence electrons. The molecule has 0 atom stereocenters. The largest absolute Gasteiger partial charge is 0.439 e. The van der Waals surface area contributed by atoms with Crippen LogP contribution in [0.15, 0.2) is 0 Å². The maximum atomic E-state index is 10.6. The van der Waals surface area contributed by atoms with Gasteiger partial charge in [-0.15, -0.1) is 0 Å². The molecule has 0 unspecified atom stereocenters. The zero-order valence-electron chi connectivity index (χ0n) is 21.0. The van der Waals surface area contributed by atoms with Crippen molar-refractivity contribution in [2.75, 3.05) is 20.4 Å². The molecule has 0 heterocycles. The number of aliphatic hydroxyl groups is 3. The van der Waals surface area contributed by atoms with Crippen LogP contribution in [0, 0.1) is 0 Å². The second kappa shape index (κ2) is 32.5. The SMILES string of the molecule is CCCCCCC(=O)OCO.CCCCCCC(=O)OCO.CCCCCCC(=O)OCO. The van der Waals surface area contributed by atoms with Crippen LogP contribution in [0.1, 0.15) is 117 Å². The van der Waals surface area contributed by atoms with Gasteiger partial charge >= 0.3 is 17.9 Å². The molecule has 0 aromatic heterocycles. The summed E-state index contributed by atoms with van der Waals surface area (Å²) in [6.45, 7) is 4.87. The normalized spacial score (nSPS) is 9.64. The van der Waals surface area contributed by atoms with Crippen LogP contribution in [0.4, 0.5) is 0 Å². The number of rotatable bonds is 18. The summed E-state index contributed by atoms with van der Waals surface area (Å²) in [5.41, 5.74) is 0. The van der Waals surface area contributed by atoms with Crippen LogP contribution in [0.2, 0.25) is 0 Å². The van der Waals surface area contributed by atoms with Crippen molar-refractivity contribution in [2.24, 2.45) is 0 Å². The number of hydrogen-bond donors (Lipinski definition) is 3. The minimum Gasteiger partial charge on any atom is -0.439 e. The standard InChI is InChI=1S/3C8H16O3/c3*1-2-3-4-5-6-8(10)11-7-9/h3*9H,2-7H2,1H3. The van der Waals surface area contributed by atoms with Crippen LogP contribution < -0.4 is 0 Å². The van der Waals surface area contributed by atoms with Crippen LogP contribution in [-0.2, 0) is 28.6 Å². The van der Waals surface area contributed by atoms with E-state index in [-0.39, 0.29) is 17.9 Å². The Balaban J connectivity index is -0.000000409. The van der Waals surface area contributed by atoms with Crippen molar-refractivity contribution >= 4 is 17.9 Å². The third kappa shape index (κ3) is 37.9. The number of aliphatic hydroxyl groups excluding tert-OH is 3. The third-order valence-corrected chi connectivity index (χ3v) is 4.38. The van der Waals surface area contributed by atoms with Crippen LogP contribution in [0.5, 0.6) is 0 Å². The van der Waals surface area contributed by atoms with E-state index in [1.54, 1.807) is 0 Å². The Hall–Kier alpha value is -1.71. The molecule has 0 spiro atoms. The molecule has 0 rings (SSSR count). The minimum atomic E-state index is -0.493. The number of ether oxygens (including phenoxy) is 3. The first-order valence-electron chi connectivity index (χ1n) is 12.2. The molecule has 0 saturated heterocycles. The Morgan fingerprint density at radius 1 is 0.455 bits per heavy atom. The Morgan fingerprint density at radius 3 is 0.879 bits per heavy atom. The molecule has 0 aliphatic carbocycles. The second-order valence-corrected chi connectivity index (χ2v) is 7.37. The van der Waals surface area contributed by atoms with Gasteiger partial charge in [0.05, 0.1) is 0 Å². The van der Waals surface area contributed by atoms with Crippen molar-refractivity contribution < 1.29 is 43.9 Å². The van der Waals surface area contributed by atoms with E-state index in [1.165, 1.54) is 0 Å². The average molecular weight is 481 g/mol. The van der Waals surface area contributed by atoms with Gasteiger partial charge in [0, 0.05) is 19.3 Å². The van der Waals surface area contributed by atoms with Crippen LogP contribution in [0.25, 0.3) is 0 Å². The molecule has 0 fully saturated rings. The molecule has 0 aliphatic rings. The lowest BCUT2D eigenvalue weighted by Crippen LogP contribution is -2.04. The van der Waals surface area contributed by atoms with Crippen molar-refractivity contribution in [1.29, 1.82) is 0 Å². The first-order chi connectivity index (χ1) is 15.9. The van der Waals surface area contributed by atoms with Gasteiger partial charge in [0.25, 0.3) is 0 Å². The number of hydrogen-bond acceptors (Lipinski definition) is 9. The maximum absolute atomic E-state index is 10.6. The van der Waals surface area contributed by atoms with Crippen molar-refractivity contribution in [3.63, 3.8) is 0 Å². The van der Waals surface area contributed by atoms with E-state index in [2.05, 4.69) is 35.0 Å². The zero-order valence-corrected chi connectivity index (χ0v) is 21.0. The van der Waals surface area contributed by atoms with E-state index in [0.717, 1.165) is 77.0 Å². The van der Waals surface area contributed by atoms with Gasteiger partial charge in [-0.3, -0.25) is 14.4 Å². The first-order valence-corrected chi connectivity index (χ1v) is 12.2. The highest BCUT2D eigenvalue weighted by atomic mass is 16.6. The summed E-state index contributed by atoms with van der Waals surface area (Å²) in [6.07, 6.45) is 14.1. The highest BCUT2D eigenvalue weighted by molar-refractivity contribution is 5.69. The first kappa shape index (κ1) is 35.9. The fourth-order valence-corrected chi connectivity index (χ4v) is 2.52. The molecule has 0 aliphatic heterocycles. The van der Waals surface area contributed by atoms with Gasteiger partial charge in [-0.1, -0.05) is 78.6 Å². The molecule has 0 saturated carbocycles. The molecular formula is C24H48O9. The van der Waals surface area contributed by atoms with Crippen molar-refractivity contribution in [3.05, 3.63) is 0 Å². The van der Waals surface area contributed by atoms with Crippen LogP contribution in [0.3, 0.4) is 0 Å². The Labute approximate surface area is 199 Å². The summed E-state index contributed by atoms with van der Waals surface area (Å²) in [5.74, 6) is -0.907. The molecule has 9 nitrogen and oxygen atoms in total. The van der Waals surface area contributed by atoms with E-state index >= 15 is 0 Å². The number of carbonyl (C=O) groups is 3. The molecule has 0 aromatic carbocycles. The molecule has 0 amide bonds. The minimum absolute atomic E-state index is 0.302. The van der Waals surface area contributed by atoms with E-state index in [1.807, 2.05) is 0 Å². The van der Waals surface area contributed by atoms with Gasteiger partial charge in [-0.05, 0) is 19.3 Å². The maximum Gasteiger partial charge on any atom is 0.307 e. The van der Waals surface area contributed by atoms with Crippen molar-refractivity contribution in [1.82, 2.24) is 0 Å². The van der Waals surface area contributed by atoms with E-state index in [0.29, 0.717) is 19.3 Å². The molecule has 0 aromatic rings. The highest BCUT2D eigenvalue weighted by Crippen LogP contribution is 2.04. The lowest BCUT2D eigenvalue weighted by molar-refractivity contribution is -0.152. The fraction of sp³-hybridized carbons (Fsp3) is 0.875. The van der Waals surface area contributed by atoms with E-state index in [4.69, 9.17) is 15.3 Å². The van der Waals surface area contributed by atoms with Gasteiger partial charge in [0.1, 0.15) is 0 Å². The molecule has 0 bridgehead atoms. The lowest BCUT2D eigenvalue weighted by Gasteiger charge is -1.99. The number of unbranched alkanes of at least 4 members (excludes halogenated alkanes) is 9. The Kier molecular flexibility index (Phi) is 35.3. The molecular weight excluding hydrogens is 432 g/mol. The third-order valence-electron chi connectivity index (χ3n) is 4.38. The number of esters is 3. The monoisotopic (exact) mass is 480 g/mol. The smallest absolute Gasteiger partial charge is 0.307 e. The predicted octanol–water partition coefficient (Wildman–Crippen LogP) is 4.35. The van der Waals surface area contributed by atoms with Crippen LogP contribution in [-0.4, -0.2) is 53.6 Å². The highest BCUT2D eigenvalue weighted by Gasteiger charge is 2.01. The summed E-state index contributed by atoms with van der Waals surface area (Å²) >= 11 is 0. The van der Waals surface area contributed by atoms with Gasteiger partial charge in [-0.2, -0.15) is 0 Å². The van der Waals surface area contributed by atoms with Crippen molar-refractivity contribution in [3.8, 4) is 0 Å². The van der Waals surface area contributed by atoms with E-state index in [9.17, 15) is 14.4 Å². The van der Waals surface area contributed by atoms with Gasteiger partial charge in [-0.25, -0.2) is 0 Å². The summed E-state index contributed by atoms with van der Waals surface area (Å²) in [5, 5.41) is 24.6. The Morgan fingerprint density at radius 2 is 0.697 bits per heavy atom. The quantitative estimate of drug-likeness (QED) is 0.113. The topological polar surface area (TPSA) is 140 Å². The summed E-state index contributed by atoms with van der Waals surface area (Å²) in [4.78, 5) is 31.9. The summed E-state index contributed by atoms with van der Waals surface area (Å²) in [6, 6.07) is 0. The molecule has 33 heavy (non-hydrogen) atoms. The molecule has 9 heteroatoms. The number of carbonyl (C=O) groups excluding carboxylic acids is 3. The predicted molar refractivity (Wildman–Crippen MR) is 126 cm³/mol. The molecule has 0 radical (unpaired) electrons. The Bertz CT molecular complexity index is 366. The summed E-state index contributed by atoms with van der Waals surface area (Å²) in [7, 11) is 0. The second-order valence-electron chi connectivity index (χ2n) is 7.37. The van der Waals surface area contributed by atoms with Gasteiger partial charge < -0.3 is 29.5 Å². The van der Waals surface area contributed by atoms with Crippen LogP contribution >= 0.6 is 0 Å². The van der Waals surface area contributed by atoms with E-state index < -0.39 is 20.4 Å². The average Bonchev–Trinajstić information content (AvgIpc) is 2.79. The van der Waals surface area contributed by atoms with Gasteiger partial charge in [0.15, 0.2) is 20.4 Å². The fourth-order valence-electron chi connectivity index (χ4n) is 2.52. The van der Waals surface area contributed by atoms with Gasteiger partial charge in [0.2, 0.25) is 0 Å². The lowest BCUT2D eigenvalue weighted by atomic mass is 10.2. The summed E-state index contributed by atoms with van der Waals surface area (Å²) < 4.78 is 13.0. The zero-order chi connectivity index (χ0) is 25.6. The van der Waals surface area contributed by atoms with Crippen molar-refractivity contribution in [2.45, 2.75) is 117 Å². The molecule has 3 N–H and O–H groups in total.